The molecular weight excluding hydrogens is 268 g/mol. The third-order valence-corrected chi connectivity index (χ3v) is 3.98. The molecule has 1 unspecified atom stereocenters. The van der Waals surface area contributed by atoms with Gasteiger partial charge in [0.1, 0.15) is 6.61 Å². The molecule has 0 radical (unpaired) electrons. The van der Waals surface area contributed by atoms with E-state index in [9.17, 15) is 9.59 Å². The number of hydrogen-bond acceptors (Lipinski definition) is 3. The van der Waals surface area contributed by atoms with Gasteiger partial charge >= 0.3 is 0 Å². The van der Waals surface area contributed by atoms with Gasteiger partial charge in [-0.3, -0.25) is 9.59 Å². The molecule has 1 aromatic rings. The van der Waals surface area contributed by atoms with Crippen molar-refractivity contribution in [3.63, 3.8) is 0 Å². The van der Waals surface area contributed by atoms with Crippen molar-refractivity contribution in [2.75, 3.05) is 19.7 Å². The second-order valence-corrected chi connectivity index (χ2v) is 5.82. The highest BCUT2D eigenvalue weighted by Gasteiger charge is 2.37. The molecule has 0 saturated carbocycles. The molecule has 0 spiro atoms. The Morgan fingerprint density at radius 1 is 1.33 bits per heavy atom. The van der Waals surface area contributed by atoms with Gasteiger partial charge in [-0.25, -0.2) is 0 Å². The van der Waals surface area contributed by atoms with E-state index in [0.29, 0.717) is 19.7 Å². The minimum Gasteiger partial charge on any atom is -0.369 e. The number of likely N-dealkylation sites (tertiary alicyclic amines) is 1. The Labute approximate surface area is 125 Å². The van der Waals surface area contributed by atoms with Gasteiger partial charge < -0.3 is 15.4 Å². The maximum Gasteiger partial charge on any atom is 0.248 e. The van der Waals surface area contributed by atoms with E-state index < -0.39 is 5.41 Å². The van der Waals surface area contributed by atoms with E-state index in [0.717, 1.165) is 18.4 Å². The lowest BCUT2D eigenvalue weighted by atomic mass is 9.81. The van der Waals surface area contributed by atoms with E-state index in [1.165, 1.54) is 0 Å². The number of primary amides is 1. The molecule has 1 fully saturated rings. The maximum absolute atomic E-state index is 12.1. The summed E-state index contributed by atoms with van der Waals surface area (Å²) in [6.45, 7) is 3.31. The minimum absolute atomic E-state index is 0.0315. The van der Waals surface area contributed by atoms with E-state index in [1.807, 2.05) is 37.3 Å². The van der Waals surface area contributed by atoms with Gasteiger partial charge in [-0.15, -0.1) is 0 Å². The second kappa shape index (κ2) is 6.72. The van der Waals surface area contributed by atoms with E-state index in [1.54, 1.807) is 4.90 Å². The molecule has 1 heterocycles. The molecule has 0 bridgehead atoms. The number of carbonyl (C=O) groups excluding carboxylic acids is 2. The van der Waals surface area contributed by atoms with Crippen LogP contribution in [-0.4, -0.2) is 36.4 Å². The summed E-state index contributed by atoms with van der Waals surface area (Å²) in [5, 5.41) is 0. The topological polar surface area (TPSA) is 72.6 Å². The van der Waals surface area contributed by atoms with Crippen molar-refractivity contribution < 1.29 is 14.3 Å². The van der Waals surface area contributed by atoms with E-state index in [4.69, 9.17) is 10.5 Å². The van der Waals surface area contributed by atoms with Crippen LogP contribution in [0, 0.1) is 5.41 Å². The fourth-order valence-corrected chi connectivity index (χ4v) is 2.58. The first-order valence-electron chi connectivity index (χ1n) is 7.21. The van der Waals surface area contributed by atoms with Crippen LogP contribution in [0.2, 0.25) is 0 Å². The third-order valence-electron chi connectivity index (χ3n) is 3.98. The van der Waals surface area contributed by atoms with Crippen molar-refractivity contribution in [2.45, 2.75) is 26.4 Å². The Bertz CT molecular complexity index is 504. The molecular formula is C16H22N2O3. The van der Waals surface area contributed by atoms with Gasteiger partial charge in [0.15, 0.2) is 0 Å². The molecule has 21 heavy (non-hydrogen) atoms. The zero-order valence-corrected chi connectivity index (χ0v) is 12.4. The Kier molecular flexibility index (Phi) is 4.96. The summed E-state index contributed by atoms with van der Waals surface area (Å²) in [6, 6.07) is 9.71. The summed E-state index contributed by atoms with van der Waals surface area (Å²) >= 11 is 0. The zero-order chi connectivity index (χ0) is 15.3. The number of nitrogens with two attached hydrogens (primary N) is 1. The van der Waals surface area contributed by atoms with Crippen LogP contribution in [0.25, 0.3) is 0 Å². The number of hydrogen-bond donors (Lipinski definition) is 1. The number of ether oxygens (including phenoxy) is 1. The van der Waals surface area contributed by atoms with Gasteiger partial charge in [0, 0.05) is 13.1 Å². The molecule has 114 valence electrons. The second-order valence-electron chi connectivity index (χ2n) is 5.82. The predicted molar refractivity (Wildman–Crippen MR) is 79.2 cm³/mol. The highest BCUT2D eigenvalue weighted by atomic mass is 16.5. The zero-order valence-electron chi connectivity index (χ0n) is 12.4. The normalized spacial score (nSPS) is 22.0. The van der Waals surface area contributed by atoms with E-state index in [-0.39, 0.29) is 18.4 Å². The number of rotatable bonds is 5. The van der Waals surface area contributed by atoms with Crippen molar-refractivity contribution in [3.05, 3.63) is 35.9 Å². The first kappa shape index (κ1) is 15.5. The Morgan fingerprint density at radius 2 is 2.05 bits per heavy atom. The minimum atomic E-state index is -0.618. The maximum atomic E-state index is 12.1. The van der Waals surface area contributed by atoms with Gasteiger partial charge in [0.05, 0.1) is 12.0 Å². The molecule has 2 rings (SSSR count). The number of piperidine rings is 1. The fraction of sp³-hybridized carbons (Fsp3) is 0.500. The quantitative estimate of drug-likeness (QED) is 0.889. The van der Waals surface area contributed by atoms with Crippen LogP contribution in [0.4, 0.5) is 0 Å². The largest absolute Gasteiger partial charge is 0.369 e. The van der Waals surface area contributed by atoms with Crippen LogP contribution in [0.1, 0.15) is 25.3 Å². The summed E-state index contributed by atoms with van der Waals surface area (Å²) in [5.74, 6) is -0.427. The summed E-state index contributed by atoms with van der Waals surface area (Å²) < 4.78 is 5.46. The molecule has 1 atom stereocenters. The number of nitrogens with zero attached hydrogens (tertiary/aromatic N) is 1. The van der Waals surface area contributed by atoms with Gasteiger partial charge in [0.2, 0.25) is 11.8 Å². The van der Waals surface area contributed by atoms with E-state index in [2.05, 4.69) is 0 Å². The van der Waals surface area contributed by atoms with Crippen molar-refractivity contribution in [1.82, 2.24) is 4.90 Å². The number of amides is 2. The summed E-state index contributed by atoms with van der Waals surface area (Å²) in [4.78, 5) is 25.3. The summed E-state index contributed by atoms with van der Waals surface area (Å²) in [5.41, 5.74) is 5.85. The van der Waals surface area contributed by atoms with Crippen LogP contribution >= 0.6 is 0 Å². The fourth-order valence-electron chi connectivity index (χ4n) is 2.58. The molecule has 5 heteroatoms. The highest BCUT2D eigenvalue weighted by Crippen LogP contribution is 2.28. The van der Waals surface area contributed by atoms with Crippen molar-refractivity contribution in [3.8, 4) is 0 Å². The lowest BCUT2D eigenvalue weighted by Crippen LogP contribution is -2.51. The van der Waals surface area contributed by atoms with Crippen molar-refractivity contribution >= 4 is 11.8 Å². The molecule has 1 aromatic carbocycles. The molecule has 2 N–H and O–H groups in total. The lowest BCUT2D eigenvalue weighted by Gasteiger charge is -2.38. The SMILES string of the molecule is CC1(C(N)=O)CCCN(C(=O)COCc2ccccc2)C1. The molecule has 1 aliphatic heterocycles. The molecule has 2 amide bonds. The molecule has 1 saturated heterocycles. The van der Waals surface area contributed by atoms with Crippen LogP contribution in [0.3, 0.4) is 0 Å². The first-order chi connectivity index (χ1) is 10.0. The van der Waals surface area contributed by atoms with Gasteiger partial charge in [0.25, 0.3) is 0 Å². The Balaban J connectivity index is 1.82. The molecule has 1 aliphatic rings. The van der Waals surface area contributed by atoms with Crippen LogP contribution in [0.5, 0.6) is 0 Å². The summed E-state index contributed by atoms with van der Waals surface area (Å²) in [7, 11) is 0. The van der Waals surface area contributed by atoms with Crippen LogP contribution < -0.4 is 5.73 Å². The number of carbonyl (C=O) groups is 2. The smallest absolute Gasteiger partial charge is 0.248 e. The van der Waals surface area contributed by atoms with Gasteiger partial charge in [-0.1, -0.05) is 30.3 Å². The molecule has 0 aromatic heterocycles. The first-order valence-corrected chi connectivity index (χ1v) is 7.21. The van der Waals surface area contributed by atoms with Crippen LogP contribution in [0.15, 0.2) is 30.3 Å². The highest BCUT2D eigenvalue weighted by molar-refractivity contribution is 5.83. The van der Waals surface area contributed by atoms with E-state index >= 15 is 0 Å². The predicted octanol–water partition coefficient (Wildman–Crippen LogP) is 1.32. The number of benzene rings is 1. The van der Waals surface area contributed by atoms with Gasteiger partial charge in [-0.05, 0) is 25.3 Å². The molecule has 5 nitrogen and oxygen atoms in total. The van der Waals surface area contributed by atoms with Crippen molar-refractivity contribution in [1.29, 1.82) is 0 Å². The average Bonchev–Trinajstić information content (AvgIpc) is 2.48. The van der Waals surface area contributed by atoms with Crippen LogP contribution in [-0.2, 0) is 20.9 Å². The Hall–Kier alpha value is -1.88. The molecule has 0 aliphatic carbocycles. The summed E-state index contributed by atoms with van der Waals surface area (Å²) in [6.07, 6.45) is 1.53. The Morgan fingerprint density at radius 3 is 2.71 bits per heavy atom. The average molecular weight is 290 g/mol. The standard InChI is InChI=1S/C16H22N2O3/c1-16(15(17)20)8-5-9-18(12-16)14(19)11-21-10-13-6-3-2-4-7-13/h2-4,6-7H,5,8-12H2,1H3,(H2,17,20). The third kappa shape index (κ3) is 4.04. The monoisotopic (exact) mass is 290 g/mol. The van der Waals surface area contributed by atoms with Gasteiger partial charge in [-0.2, -0.15) is 0 Å². The lowest BCUT2D eigenvalue weighted by molar-refractivity contribution is -0.143. The van der Waals surface area contributed by atoms with Crippen molar-refractivity contribution in [2.24, 2.45) is 11.1 Å².